The number of hydrogen-bond donors (Lipinski definition) is 1. The van der Waals surface area contributed by atoms with Crippen LogP contribution in [0.2, 0.25) is 0 Å². The topological polar surface area (TPSA) is 61.4 Å². The van der Waals surface area contributed by atoms with Gasteiger partial charge in [-0.1, -0.05) is 30.3 Å². The molecule has 1 aliphatic rings. The molecule has 1 fully saturated rings. The number of nitrogens with one attached hydrogen (secondary N) is 1. The zero-order chi connectivity index (χ0) is 19.4. The molecule has 2 heterocycles. The van der Waals surface area contributed by atoms with Crippen LogP contribution in [-0.4, -0.2) is 57.4 Å². The second kappa shape index (κ2) is 8.05. The fourth-order valence-electron chi connectivity index (χ4n) is 3.24. The van der Waals surface area contributed by atoms with Crippen molar-refractivity contribution >= 4 is 11.7 Å². The van der Waals surface area contributed by atoms with Gasteiger partial charge in [0.25, 0.3) is 5.91 Å². The van der Waals surface area contributed by atoms with Crippen molar-refractivity contribution in [2.45, 2.75) is 39.8 Å². The van der Waals surface area contributed by atoms with E-state index in [1.54, 1.807) is 6.07 Å². The molecule has 1 aromatic heterocycles. The molecule has 0 unspecified atom stereocenters. The summed E-state index contributed by atoms with van der Waals surface area (Å²) in [7, 11) is 0. The minimum Gasteiger partial charge on any atom is -0.365 e. The number of aromatic nitrogens is 2. The van der Waals surface area contributed by atoms with Crippen molar-refractivity contribution in [1.29, 1.82) is 0 Å². The molecule has 1 saturated heterocycles. The molecular formula is C21H29N5O. The van der Waals surface area contributed by atoms with Gasteiger partial charge in [0.1, 0.15) is 17.3 Å². The van der Waals surface area contributed by atoms with Crippen molar-refractivity contribution < 1.29 is 4.79 Å². The molecule has 1 aromatic carbocycles. The molecule has 1 N–H and O–H groups in total. The predicted molar refractivity (Wildman–Crippen MR) is 108 cm³/mol. The van der Waals surface area contributed by atoms with Crippen molar-refractivity contribution in [2.24, 2.45) is 0 Å². The Balaban J connectivity index is 1.62. The van der Waals surface area contributed by atoms with Gasteiger partial charge in [0, 0.05) is 44.3 Å². The molecule has 0 saturated carbocycles. The highest BCUT2D eigenvalue weighted by molar-refractivity contribution is 5.93. The van der Waals surface area contributed by atoms with Gasteiger partial charge >= 0.3 is 0 Å². The van der Waals surface area contributed by atoms with E-state index in [9.17, 15) is 4.79 Å². The van der Waals surface area contributed by atoms with E-state index < -0.39 is 0 Å². The fourth-order valence-corrected chi connectivity index (χ4v) is 3.24. The van der Waals surface area contributed by atoms with E-state index in [1.807, 2.05) is 17.9 Å². The number of carbonyl (C=O) groups is 1. The van der Waals surface area contributed by atoms with Crippen molar-refractivity contribution in [3.63, 3.8) is 0 Å². The number of rotatable bonds is 4. The van der Waals surface area contributed by atoms with Gasteiger partial charge in [0.15, 0.2) is 0 Å². The Bertz CT molecular complexity index is 777. The number of carbonyl (C=O) groups excluding carboxylic acids is 1. The van der Waals surface area contributed by atoms with E-state index >= 15 is 0 Å². The number of hydrogen-bond acceptors (Lipinski definition) is 5. The first kappa shape index (κ1) is 19.3. The Morgan fingerprint density at radius 3 is 2.37 bits per heavy atom. The van der Waals surface area contributed by atoms with Crippen LogP contribution in [-0.2, 0) is 6.54 Å². The third kappa shape index (κ3) is 5.50. The Kier molecular flexibility index (Phi) is 5.75. The highest BCUT2D eigenvalue weighted by atomic mass is 16.2. The van der Waals surface area contributed by atoms with Crippen LogP contribution in [0.5, 0.6) is 0 Å². The molecule has 1 amide bonds. The molecule has 0 spiro atoms. The zero-order valence-electron chi connectivity index (χ0n) is 16.7. The van der Waals surface area contributed by atoms with Gasteiger partial charge in [-0.2, -0.15) is 0 Å². The minimum absolute atomic E-state index is 0.0168. The SMILES string of the molecule is Cc1nc(NC(C)(C)C)cc(C(=O)N2CCN(Cc3ccccc3)CC2)n1. The highest BCUT2D eigenvalue weighted by Crippen LogP contribution is 2.16. The largest absolute Gasteiger partial charge is 0.365 e. The number of aryl methyl sites for hydroxylation is 1. The molecule has 1 aliphatic heterocycles. The maximum Gasteiger partial charge on any atom is 0.272 e. The maximum absolute atomic E-state index is 12.9. The summed E-state index contributed by atoms with van der Waals surface area (Å²) >= 11 is 0. The molecule has 27 heavy (non-hydrogen) atoms. The van der Waals surface area contributed by atoms with E-state index in [1.165, 1.54) is 5.56 Å². The van der Waals surface area contributed by atoms with Crippen LogP contribution in [0.15, 0.2) is 36.4 Å². The van der Waals surface area contributed by atoms with Gasteiger partial charge in [0.05, 0.1) is 0 Å². The lowest BCUT2D eigenvalue weighted by atomic mass is 10.1. The summed E-state index contributed by atoms with van der Waals surface area (Å²) in [5, 5.41) is 3.32. The summed E-state index contributed by atoms with van der Waals surface area (Å²) in [5.74, 6) is 1.29. The first-order valence-corrected chi connectivity index (χ1v) is 9.49. The molecule has 0 bridgehead atoms. The second-order valence-electron chi connectivity index (χ2n) is 8.11. The molecular weight excluding hydrogens is 338 g/mol. The summed E-state index contributed by atoms with van der Waals surface area (Å²) in [6.45, 7) is 12.1. The maximum atomic E-state index is 12.9. The first-order valence-electron chi connectivity index (χ1n) is 9.49. The average Bonchev–Trinajstić information content (AvgIpc) is 2.61. The molecule has 0 aliphatic carbocycles. The summed E-state index contributed by atoms with van der Waals surface area (Å²) < 4.78 is 0. The van der Waals surface area contributed by atoms with Gasteiger partial charge in [-0.25, -0.2) is 9.97 Å². The monoisotopic (exact) mass is 367 g/mol. The van der Waals surface area contributed by atoms with Crippen LogP contribution in [0.25, 0.3) is 0 Å². The second-order valence-corrected chi connectivity index (χ2v) is 8.11. The van der Waals surface area contributed by atoms with Crippen LogP contribution in [0, 0.1) is 6.92 Å². The summed E-state index contributed by atoms with van der Waals surface area (Å²) in [5.41, 5.74) is 1.65. The number of piperazine rings is 1. The number of benzene rings is 1. The zero-order valence-corrected chi connectivity index (χ0v) is 16.7. The number of anilines is 1. The van der Waals surface area contributed by atoms with Crippen LogP contribution in [0.4, 0.5) is 5.82 Å². The lowest BCUT2D eigenvalue weighted by molar-refractivity contribution is 0.0622. The van der Waals surface area contributed by atoms with Crippen molar-refractivity contribution in [3.8, 4) is 0 Å². The van der Waals surface area contributed by atoms with E-state index in [0.29, 0.717) is 17.3 Å². The van der Waals surface area contributed by atoms with Crippen LogP contribution >= 0.6 is 0 Å². The Morgan fingerprint density at radius 2 is 1.74 bits per heavy atom. The highest BCUT2D eigenvalue weighted by Gasteiger charge is 2.24. The van der Waals surface area contributed by atoms with Crippen molar-refractivity contribution in [1.82, 2.24) is 19.8 Å². The molecule has 144 valence electrons. The van der Waals surface area contributed by atoms with Crippen molar-refractivity contribution in [2.75, 3.05) is 31.5 Å². The Hall–Kier alpha value is -2.47. The van der Waals surface area contributed by atoms with Crippen LogP contribution < -0.4 is 5.32 Å². The Labute approximate surface area is 161 Å². The molecule has 0 radical (unpaired) electrons. The standard InChI is InChI=1S/C21H29N5O/c1-16-22-18(14-19(23-16)24-21(2,3)4)20(27)26-12-10-25(11-13-26)15-17-8-6-5-7-9-17/h5-9,14H,10-13,15H2,1-4H3,(H,22,23,24). The van der Waals surface area contributed by atoms with Crippen molar-refractivity contribution in [3.05, 3.63) is 53.5 Å². The number of amides is 1. The van der Waals surface area contributed by atoms with Crippen LogP contribution in [0.1, 0.15) is 42.6 Å². The van der Waals surface area contributed by atoms with E-state index in [-0.39, 0.29) is 11.4 Å². The summed E-state index contributed by atoms with van der Waals surface area (Å²) in [4.78, 5) is 26.0. The molecule has 0 atom stereocenters. The summed E-state index contributed by atoms with van der Waals surface area (Å²) in [6, 6.07) is 12.2. The van der Waals surface area contributed by atoms with Gasteiger partial charge in [-0.3, -0.25) is 9.69 Å². The van der Waals surface area contributed by atoms with Gasteiger partial charge < -0.3 is 10.2 Å². The number of nitrogens with zero attached hydrogens (tertiary/aromatic N) is 4. The third-order valence-corrected chi connectivity index (χ3v) is 4.47. The smallest absolute Gasteiger partial charge is 0.272 e. The normalized spacial score (nSPS) is 15.6. The molecule has 3 rings (SSSR count). The lowest BCUT2D eigenvalue weighted by Crippen LogP contribution is -2.48. The Morgan fingerprint density at radius 1 is 1.07 bits per heavy atom. The molecule has 6 heteroatoms. The predicted octanol–water partition coefficient (Wildman–Crippen LogP) is 2.95. The van der Waals surface area contributed by atoms with E-state index in [0.717, 1.165) is 32.7 Å². The minimum atomic E-state index is -0.121. The van der Waals surface area contributed by atoms with Gasteiger partial charge in [-0.15, -0.1) is 0 Å². The first-order chi connectivity index (χ1) is 12.8. The average molecular weight is 367 g/mol. The van der Waals surface area contributed by atoms with Crippen LogP contribution in [0.3, 0.4) is 0 Å². The summed E-state index contributed by atoms with van der Waals surface area (Å²) in [6.07, 6.45) is 0. The van der Waals surface area contributed by atoms with Gasteiger partial charge in [-0.05, 0) is 33.3 Å². The fraction of sp³-hybridized carbons (Fsp3) is 0.476. The lowest BCUT2D eigenvalue weighted by Gasteiger charge is -2.34. The van der Waals surface area contributed by atoms with E-state index in [2.05, 4.69) is 65.2 Å². The third-order valence-electron chi connectivity index (χ3n) is 4.47. The van der Waals surface area contributed by atoms with Gasteiger partial charge in [0.2, 0.25) is 0 Å². The van der Waals surface area contributed by atoms with E-state index in [4.69, 9.17) is 0 Å². The molecule has 6 nitrogen and oxygen atoms in total. The quantitative estimate of drug-likeness (QED) is 0.900. The molecule has 2 aromatic rings.